The summed E-state index contributed by atoms with van der Waals surface area (Å²) in [5, 5.41) is 3.25. The van der Waals surface area contributed by atoms with Crippen LogP contribution in [0.3, 0.4) is 0 Å². The highest BCUT2D eigenvalue weighted by Gasteiger charge is 2.40. The van der Waals surface area contributed by atoms with E-state index in [2.05, 4.69) is 70.9 Å². The van der Waals surface area contributed by atoms with Gasteiger partial charge in [0.1, 0.15) is 0 Å². The maximum absolute atomic E-state index is 11.9. The Morgan fingerprint density at radius 3 is 2.17 bits per heavy atom. The number of fused-ring (bicyclic) bond motifs is 1. The summed E-state index contributed by atoms with van der Waals surface area (Å²) >= 11 is 0. The van der Waals surface area contributed by atoms with Crippen LogP contribution in [0.1, 0.15) is 42.9 Å². The maximum Gasteiger partial charge on any atom is 0.220 e. The number of carbonyl (C=O) groups is 1. The number of hydrogen-bond acceptors (Lipinski definition) is 2. The molecule has 1 N–H and O–H groups in total. The van der Waals surface area contributed by atoms with Gasteiger partial charge >= 0.3 is 0 Å². The smallest absolute Gasteiger partial charge is 0.220 e. The molecular formula is C21H24N2O. The van der Waals surface area contributed by atoms with Gasteiger partial charge in [0.05, 0.1) is 6.04 Å². The fraction of sp³-hybridized carbons (Fsp3) is 0.381. The first-order valence-corrected chi connectivity index (χ1v) is 8.98. The fourth-order valence-electron chi connectivity index (χ4n) is 4.33. The van der Waals surface area contributed by atoms with Crippen LogP contribution in [-0.2, 0) is 4.79 Å². The van der Waals surface area contributed by atoms with E-state index < -0.39 is 0 Å². The second-order valence-corrected chi connectivity index (χ2v) is 6.88. The Balaban J connectivity index is 1.70. The molecular weight excluding hydrogens is 296 g/mol. The molecule has 0 unspecified atom stereocenters. The van der Waals surface area contributed by atoms with Crippen molar-refractivity contribution in [3.8, 4) is 0 Å². The van der Waals surface area contributed by atoms with Gasteiger partial charge in [-0.25, -0.2) is 0 Å². The third-order valence-electron chi connectivity index (χ3n) is 5.40. The van der Waals surface area contributed by atoms with Crippen LogP contribution in [0.25, 0.3) is 0 Å². The lowest BCUT2D eigenvalue weighted by Gasteiger charge is -2.35. The largest absolute Gasteiger partial charge is 0.352 e. The van der Waals surface area contributed by atoms with Crippen molar-refractivity contribution in [3.05, 3.63) is 71.8 Å². The SMILES string of the molecule is O=C1CCC[C@@H]2[C@@H](CCN2C(c2ccccc2)c2ccccc2)N1. The lowest BCUT2D eigenvalue weighted by molar-refractivity contribution is -0.121. The summed E-state index contributed by atoms with van der Waals surface area (Å²) in [5.41, 5.74) is 2.67. The molecule has 0 radical (unpaired) electrons. The molecule has 24 heavy (non-hydrogen) atoms. The van der Waals surface area contributed by atoms with E-state index in [1.165, 1.54) is 11.1 Å². The maximum atomic E-state index is 11.9. The number of benzene rings is 2. The van der Waals surface area contributed by atoms with E-state index in [4.69, 9.17) is 0 Å². The first-order valence-electron chi connectivity index (χ1n) is 8.98. The number of likely N-dealkylation sites (tertiary alicyclic amines) is 1. The van der Waals surface area contributed by atoms with Crippen molar-refractivity contribution in [2.75, 3.05) is 6.54 Å². The van der Waals surface area contributed by atoms with E-state index in [-0.39, 0.29) is 11.9 Å². The van der Waals surface area contributed by atoms with E-state index >= 15 is 0 Å². The Morgan fingerprint density at radius 1 is 0.917 bits per heavy atom. The van der Waals surface area contributed by atoms with Gasteiger partial charge in [-0.15, -0.1) is 0 Å². The van der Waals surface area contributed by atoms with E-state index in [9.17, 15) is 4.79 Å². The van der Waals surface area contributed by atoms with Crippen molar-refractivity contribution >= 4 is 5.91 Å². The molecule has 0 aromatic heterocycles. The summed E-state index contributed by atoms with van der Waals surface area (Å²) in [6, 6.07) is 22.5. The molecule has 2 aliphatic rings. The Bertz CT molecular complexity index is 646. The van der Waals surface area contributed by atoms with Crippen LogP contribution in [0, 0.1) is 0 Å². The zero-order valence-corrected chi connectivity index (χ0v) is 13.9. The Labute approximate surface area is 143 Å². The van der Waals surface area contributed by atoms with Crippen molar-refractivity contribution in [2.24, 2.45) is 0 Å². The molecule has 4 rings (SSSR count). The normalized spacial score (nSPS) is 24.5. The third-order valence-corrected chi connectivity index (χ3v) is 5.40. The van der Waals surface area contributed by atoms with E-state index in [1.54, 1.807) is 0 Å². The topological polar surface area (TPSA) is 32.3 Å². The Kier molecular flexibility index (Phi) is 4.35. The predicted octanol–water partition coefficient (Wildman–Crippen LogP) is 3.52. The standard InChI is InChI=1S/C21H24N2O/c24-20-13-7-12-19-18(22-20)14-15-23(19)21(16-8-3-1-4-9-16)17-10-5-2-6-11-17/h1-6,8-11,18-19,21H,7,12-15H2,(H,22,24)/t18-,19-/m1/s1. The number of rotatable bonds is 3. The van der Waals surface area contributed by atoms with Gasteiger partial charge in [-0.3, -0.25) is 9.69 Å². The lowest BCUT2D eigenvalue weighted by Crippen LogP contribution is -2.44. The summed E-state index contributed by atoms with van der Waals surface area (Å²) in [5.74, 6) is 0.223. The average Bonchev–Trinajstić information content (AvgIpc) is 2.89. The van der Waals surface area contributed by atoms with Gasteiger partial charge in [0, 0.05) is 25.0 Å². The van der Waals surface area contributed by atoms with Gasteiger partial charge in [-0.2, -0.15) is 0 Å². The van der Waals surface area contributed by atoms with E-state index in [0.29, 0.717) is 18.5 Å². The van der Waals surface area contributed by atoms with Gasteiger partial charge in [0.25, 0.3) is 0 Å². The van der Waals surface area contributed by atoms with Crippen molar-refractivity contribution in [1.29, 1.82) is 0 Å². The monoisotopic (exact) mass is 320 g/mol. The summed E-state index contributed by atoms with van der Waals surface area (Å²) in [6.07, 6.45) is 3.80. The summed E-state index contributed by atoms with van der Waals surface area (Å²) < 4.78 is 0. The summed E-state index contributed by atoms with van der Waals surface area (Å²) in [4.78, 5) is 14.5. The zero-order valence-electron chi connectivity index (χ0n) is 13.9. The Morgan fingerprint density at radius 2 is 1.54 bits per heavy atom. The number of nitrogens with zero attached hydrogens (tertiary/aromatic N) is 1. The van der Waals surface area contributed by atoms with Crippen molar-refractivity contribution in [3.63, 3.8) is 0 Å². The molecule has 0 aliphatic carbocycles. The molecule has 0 spiro atoms. The van der Waals surface area contributed by atoms with Crippen LogP contribution in [0.15, 0.2) is 60.7 Å². The predicted molar refractivity (Wildman–Crippen MR) is 95.6 cm³/mol. The van der Waals surface area contributed by atoms with Crippen LogP contribution in [0.2, 0.25) is 0 Å². The van der Waals surface area contributed by atoms with Crippen LogP contribution in [0.4, 0.5) is 0 Å². The highest BCUT2D eigenvalue weighted by Crippen LogP contribution is 2.37. The van der Waals surface area contributed by atoms with Gasteiger partial charge in [0.15, 0.2) is 0 Å². The second-order valence-electron chi connectivity index (χ2n) is 6.88. The first-order chi connectivity index (χ1) is 11.8. The highest BCUT2D eigenvalue weighted by atomic mass is 16.1. The summed E-state index contributed by atoms with van der Waals surface area (Å²) in [6.45, 7) is 1.03. The van der Waals surface area contributed by atoms with Gasteiger partial charge in [0.2, 0.25) is 5.91 Å². The van der Waals surface area contributed by atoms with Crippen molar-refractivity contribution in [1.82, 2.24) is 10.2 Å². The molecule has 2 aliphatic heterocycles. The number of carbonyl (C=O) groups excluding carboxylic acids is 1. The molecule has 3 nitrogen and oxygen atoms in total. The third kappa shape index (κ3) is 2.96. The molecule has 2 fully saturated rings. The van der Waals surface area contributed by atoms with Crippen LogP contribution < -0.4 is 5.32 Å². The van der Waals surface area contributed by atoms with E-state index in [0.717, 1.165) is 25.8 Å². The molecule has 124 valence electrons. The Hall–Kier alpha value is -2.13. The van der Waals surface area contributed by atoms with Crippen LogP contribution >= 0.6 is 0 Å². The molecule has 2 aromatic rings. The van der Waals surface area contributed by atoms with Crippen LogP contribution in [-0.4, -0.2) is 29.4 Å². The molecule has 0 bridgehead atoms. The first kappa shape index (κ1) is 15.4. The molecule has 2 atom stereocenters. The zero-order chi connectivity index (χ0) is 16.4. The minimum Gasteiger partial charge on any atom is -0.352 e. The van der Waals surface area contributed by atoms with Gasteiger partial charge in [-0.1, -0.05) is 60.7 Å². The average molecular weight is 320 g/mol. The number of hydrogen-bond donors (Lipinski definition) is 1. The fourth-order valence-corrected chi connectivity index (χ4v) is 4.33. The lowest BCUT2D eigenvalue weighted by atomic mass is 9.95. The highest BCUT2D eigenvalue weighted by molar-refractivity contribution is 5.76. The van der Waals surface area contributed by atoms with Crippen LogP contribution in [0.5, 0.6) is 0 Å². The van der Waals surface area contributed by atoms with E-state index in [1.807, 2.05) is 0 Å². The van der Waals surface area contributed by atoms with Gasteiger partial charge < -0.3 is 5.32 Å². The molecule has 2 aromatic carbocycles. The minimum absolute atomic E-state index is 0.223. The molecule has 0 saturated carbocycles. The van der Waals surface area contributed by atoms with Gasteiger partial charge in [-0.05, 0) is 30.4 Å². The minimum atomic E-state index is 0.223. The number of amides is 1. The molecule has 2 heterocycles. The summed E-state index contributed by atoms with van der Waals surface area (Å²) in [7, 11) is 0. The quantitative estimate of drug-likeness (QED) is 0.938. The molecule has 1 amide bonds. The second kappa shape index (κ2) is 6.78. The van der Waals surface area contributed by atoms with Crippen molar-refractivity contribution in [2.45, 2.75) is 43.8 Å². The molecule has 2 saturated heterocycles. The molecule has 3 heteroatoms. The number of nitrogens with one attached hydrogen (secondary N) is 1. The van der Waals surface area contributed by atoms with Crippen molar-refractivity contribution < 1.29 is 4.79 Å².